The standard InChI is InChI=1S/C13H15NO2S/c1-8-6-10(4-5-11(8)16-3)13-14-9(2)12(7-15)17-13/h4-6,15H,7H2,1-3H3. The van der Waals surface area contributed by atoms with Gasteiger partial charge in [-0.1, -0.05) is 0 Å². The van der Waals surface area contributed by atoms with Crippen molar-refractivity contribution in [1.29, 1.82) is 0 Å². The van der Waals surface area contributed by atoms with Gasteiger partial charge in [-0.3, -0.25) is 0 Å². The molecule has 4 heteroatoms. The van der Waals surface area contributed by atoms with Crippen LogP contribution in [0.3, 0.4) is 0 Å². The van der Waals surface area contributed by atoms with Crippen LogP contribution in [-0.4, -0.2) is 17.2 Å². The van der Waals surface area contributed by atoms with Crippen LogP contribution >= 0.6 is 11.3 Å². The van der Waals surface area contributed by atoms with Crippen LogP contribution in [0.1, 0.15) is 16.1 Å². The largest absolute Gasteiger partial charge is 0.496 e. The van der Waals surface area contributed by atoms with Crippen LogP contribution in [0.2, 0.25) is 0 Å². The topological polar surface area (TPSA) is 42.4 Å². The number of aliphatic hydroxyl groups excluding tert-OH is 1. The van der Waals surface area contributed by atoms with Crippen LogP contribution in [0.4, 0.5) is 0 Å². The van der Waals surface area contributed by atoms with Crippen molar-refractivity contribution in [3.05, 3.63) is 34.3 Å². The molecule has 0 spiro atoms. The van der Waals surface area contributed by atoms with Gasteiger partial charge in [0.15, 0.2) is 0 Å². The average molecular weight is 249 g/mol. The molecule has 1 aromatic carbocycles. The minimum absolute atomic E-state index is 0.0542. The first-order valence-electron chi connectivity index (χ1n) is 5.38. The maximum atomic E-state index is 9.17. The Morgan fingerprint density at radius 2 is 2.12 bits per heavy atom. The van der Waals surface area contributed by atoms with E-state index < -0.39 is 0 Å². The van der Waals surface area contributed by atoms with Gasteiger partial charge in [0.25, 0.3) is 0 Å². The Kier molecular flexibility index (Phi) is 3.45. The van der Waals surface area contributed by atoms with E-state index in [2.05, 4.69) is 11.1 Å². The number of methoxy groups -OCH3 is 1. The lowest BCUT2D eigenvalue weighted by Crippen LogP contribution is -1.87. The molecule has 0 aliphatic rings. The van der Waals surface area contributed by atoms with Crippen molar-refractivity contribution in [2.24, 2.45) is 0 Å². The summed E-state index contributed by atoms with van der Waals surface area (Å²) in [6.45, 7) is 3.98. The molecular formula is C13H15NO2S. The third-order valence-corrected chi connectivity index (χ3v) is 3.87. The number of aliphatic hydroxyl groups is 1. The molecule has 2 aromatic rings. The van der Waals surface area contributed by atoms with Gasteiger partial charge in [-0.05, 0) is 37.6 Å². The summed E-state index contributed by atoms with van der Waals surface area (Å²) in [6.07, 6.45) is 0. The van der Waals surface area contributed by atoms with Gasteiger partial charge >= 0.3 is 0 Å². The van der Waals surface area contributed by atoms with Crippen LogP contribution in [0.15, 0.2) is 18.2 Å². The molecule has 90 valence electrons. The second kappa shape index (κ2) is 4.85. The number of aromatic nitrogens is 1. The summed E-state index contributed by atoms with van der Waals surface area (Å²) in [5.74, 6) is 0.879. The van der Waals surface area contributed by atoms with E-state index in [1.807, 2.05) is 26.0 Å². The molecular weight excluding hydrogens is 234 g/mol. The van der Waals surface area contributed by atoms with Crippen LogP contribution in [0.5, 0.6) is 5.75 Å². The minimum atomic E-state index is 0.0542. The summed E-state index contributed by atoms with van der Waals surface area (Å²) < 4.78 is 5.23. The first-order valence-corrected chi connectivity index (χ1v) is 6.19. The highest BCUT2D eigenvalue weighted by atomic mass is 32.1. The molecule has 0 aliphatic heterocycles. The molecule has 0 atom stereocenters. The summed E-state index contributed by atoms with van der Waals surface area (Å²) >= 11 is 1.53. The van der Waals surface area contributed by atoms with E-state index in [0.29, 0.717) is 0 Å². The number of nitrogens with zero attached hydrogens (tertiary/aromatic N) is 1. The van der Waals surface area contributed by atoms with E-state index in [1.54, 1.807) is 7.11 Å². The predicted molar refractivity (Wildman–Crippen MR) is 69.5 cm³/mol. The number of hydrogen-bond acceptors (Lipinski definition) is 4. The monoisotopic (exact) mass is 249 g/mol. The normalized spacial score (nSPS) is 10.6. The minimum Gasteiger partial charge on any atom is -0.496 e. The third kappa shape index (κ3) is 2.33. The first-order chi connectivity index (χ1) is 8.15. The molecule has 0 saturated heterocycles. The lowest BCUT2D eigenvalue weighted by molar-refractivity contribution is 0.284. The van der Waals surface area contributed by atoms with Gasteiger partial charge in [-0.2, -0.15) is 0 Å². The molecule has 0 unspecified atom stereocenters. The van der Waals surface area contributed by atoms with Crippen LogP contribution in [0, 0.1) is 13.8 Å². The second-order valence-electron chi connectivity index (χ2n) is 3.87. The Bertz CT molecular complexity index is 534. The molecule has 0 amide bonds. The Balaban J connectivity index is 2.42. The zero-order chi connectivity index (χ0) is 12.4. The molecule has 0 saturated carbocycles. The highest BCUT2D eigenvalue weighted by Gasteiger charge is 2.09. The Morgan fingerprint density at radius 1 is 1.35 bits per heavy atom. The maximum absolute atomic E-state index is 9.17. The number of ether oxygens (including phenoxy) is 1. The van der Waals surface area contributed by atoms with Crippen LogP contribution < -0.4 is 4.74 Å². The molecule has 1 aromatic heterocycles. The van der Waals surface area contributed by atoms with Crippen molar-refractivity contribution in [3.63, 3.8) is 0 Å². The Morgan fingerprint density at radius 3 is 2.65 bits per heavy atom. The van der Waals surface area contributed by atoms with E-state index >= 15 is 0 Å². The van der Waals surface area contributed by atoms with Crippen molar-refractivity contribution >= 4 is 11.3 Å². The average Bonchev–Trinajstić information content (AvgIpc) is 2.70. The molecule has 3 nitrogen and oxygen atoms in total. The van der Waals surface area contributed by atoms with E-state index in [1.165, 1.54) is 11.3 Å². The number of thiazole rings is 1. The second-order valence-corrected chi connectivity index (χ2v) is 4.95. The lowest BCUT2D eigenvalue weighted by Gasteiger charge is -2.05. The highest BCUT2D eigenvalue weighted by molar-refractivity contribution is 7.15. The summed E-state index contributed by atoms with van der Waals surface area (Å²) in [4.78, 5) is 5.39. The molecule has 0 radical (unpaired) electrons. The van der Waals surface area contributed by atoms with Gasteiger partial charge in [0.2, 0.25) is 0 Å². The van der Waals surface area contributed by atoms with Crippen molar-refractivity contribution in [2.75, 3.05) is 7.11 Å². The first kappa shape index (κ1) is 12.1. The fourth-order valence-electron chi connectivity index (χ4n) is 1.71. The fraction of sp³-hybridized carbons (Fsp3) is 0.308. The van der Waals surface area contributed by atoms with Gasteiger partial charge in [0.1, 0.15) is 10.8 Å². The Labute approximate surface area is 105 Å². The van der Waals surface area contributed by atoms with Gasteiger partial charge in [0.05, 0.1) is 24.3 Å². The summed E-state index contributed by atoms with van der Waals surface area (Å²) in [5, 5.41) is 10.1. The van der Waals surface area contributed by atoms with Crippen molar-refractivity contribution in [3.8, 4) is 16.3 Å². The predicted octanol–water partition coefficient (Wildman–Crippen LogP) is 2.93. The number of benzene rings is 1. The summed E-state index contributed by atoms with van der Waals surface area (Å²) in [6, 6.07) is 5.99. The third-order valence-electron chi connectivity index (χ3n) is 2.68. The molecule has 2 rings (SSSR count). The number of aryl methyl sites for hydroxylation is 2. The zero-order valence-corrected chi connectivity index (χ0v) is 11.0. The van der Waals surface area contributed by atoms with Gasteiger partial charge in [-0.15, -0.1) is 11.3 Å². The number of hydrogen-bond donors (Lipinski definition) is 1. The van der Waals surface area contributed by atoms with Gasteiger partial charge < -0.3 is 9.84 Å². The maximum Gasteiger partial charge on any atom is 0.123 e. The summed E-state index contributed by atoms with van der Waals surface area (Å²) in [7, 11) is 1.67. The van der Waals surface area contributed by atoms with Crippen LogP contribution in [-0.2, 0) is 6.61 Å². The quantitative estimate of drug-likeness (QED) is 0.909. The molecule has 1 N–H and O–H groups in total. The van der Waals surface area contributed by atoms with Gasteiger partial charge in [-0.25, -0.2) is 4.98 Å². The summed E-state index contributed by atoms with van der Waals surface area (Å²) in [5.41, 5.74) is 3.06. The van der Waals surface area contributed by atoms with Crippen molar-refractivity contribution < 1.29 is 9.84 Å². The number of rotatable bonds is 3. The Hall–Kier alpha value is -1.39. The molecule has 0 bridgehead atoms. The zero-order valence-electron chi connectivity index (χ0n) is 10.2. The van der Waals surface area contributed by atoms with Crippen LogP contribution in [0.25, 0.3) is 10.6 Å². The molecule has 17 heavy (non-hydrogen) atoms. The molecule has 0 fully saturated rings. The van der Waals surface area contributed by atoms with Crippen molar-refractivity contribution in [2.45, 2.75) is 20.5 Å². The lowest BCUT2D eigenvalue weighted by atomic mass is 10.1. The van der Waals surface area contributed by atoms with Gasteiger partial charge in [0, 0.05) is 5.56 Å². The van der Waals surface area contributed by atoms with E-state index in [-0.39, 0.29) is 6.61 Å². The van der Waals surface area contributed by atoms with E-state index in [4.69, 9.17) is 9.84 Å². The van der Waals surface area contributed by atoms with E-state index in [9.17, 15) is 0 Å². The highest BCUT2D eigenvalue weighted by Crippen LogP contribution is 2.30. The van der Waals surface area contributed by atoms with E-state index in [0.717, 1.165) is 32.5 Å². The fourth-order valence-corrected chi connectivity index (χ4v) is 2.63. The SMILES string of the molecule is COc1ccc(-c2nc(C)c(CO)s2)cc1C. The smallest absolute Gasteiger partial charge is 0.123 e. The van der Waals surface area contributed by atoms with Crippen molar-refractivity contribution in [1.82, 2.24) is 4.98 Å². The molecule has 1 heterocycles. The molecule has 0 aliphatic carbocycles.